The molecule has 1 aliphatic rings. The zero-order chi connectivity index (χ0) is 22.6. The number of nitrogens with zero attached hydrogens (tertiary/aromatic N) is 1. The molecule has 0 aliphatic carbocycles. The first-order chi connectivity index (χ1) is 15.0. The van der Waals surface area contributed by atoms with Crippen LogP contribution in [0.2, 0.25) is 0 Å². The highest BCUT2D eigenvalue weighted by atomic mass is 32.2. The topological polar surface area (TPSA) is 129 Å². The molecule has 0 radical (unpaired) electrons. The molecule has 0 aromatic carbocycles. The maximum atomic E-state index is 12.1. The van der Waals surface area contributed by atoms with Crippen LogP contribution in [-0.4, -0.2) is 72.8 Å². The molecule has 12 heteroatoms. The lowest BCUT2D eigenvalue weighted by atomic mass is 10.1. The second kappa shape index (κ2) is 12.7. The predicted octanol–water partition coefficient (Wildman–Crippen LogP) is 3.16. The van der Waals surface area contributed by atoms with E-state index in [1.807, 2.05) is 0 Å². The van der Waals surface area contributed by atoms with Crippen molar-refractivity contribution in [3.63, 3.8) is 0 Å². The van der Waals surface area contributed by atoms with E-state index in [-0.39, 0.29) is 25.6 Å². The van der Waals surface area contributed by atoms with Crippen molar-refractivity contribution in [2.24, 2.45) is 0 Å². The Kier molecular flexibility index (Phi) is 10.0. The summed E-state index contributed by atoms with van der Waals surface area (Å²) in [5.41, 5.74) is -0.824. The first kappa shape index (κ1) is 24.4. The molecule has 1 saturated heterocycles. The van der Waals surface area contributed by atoms with Gasteiger partial charge in [0.2, 0.25) is 0 Å². The average Bonchev–Trinajstić information content (AvgIpc) is 2.73. The Morgan fingerprint density at radius 1 is 0.935 bits per heavy atom. The molecule has 1 aromatic heterocycles. The number of carbonyl (C=O) groups excluding carboxylic acids is 3. The number of carbonyl (C=O) groups is 3. The standard InChI is InChI=1S/C19H25NO10S/c1-4-24-17(21)28-13-11-31-16(27-12-8-7-9-20-10-12)15(30-19(23)26-6-3)14(13)29-18(22)25-5-2/h7-10,13-16H,4-6,11H2,1-3H3/t13-,14+,15-,16-/m1/s1. The van der Waals surface area contributed by atoms with Gasteiger partial charge in [-0.25, -0.2) is 14.4 Å². The largest absolute Gasteiger partial charge is 0.508 e. The van der Waals surface area contributed by atoms with Gasteiger partial charge in [-0.05, 0) is 32.9 Å². The first-order valence-electron chi connectivity index (χ1n) is 9.66. The molecule has 0 amide bonds. The second-order valence-electron chi connectivity index (χ2n) is 5.88. The molecule has 2 rings (SSSR count). The van der Waals surface area contributed by atoms with Gasteiger partial charge in [0.05, 0.1) is 26.0 Å². The fourth-order valence-electron chi connectivity index (χ4n) is 2.57. The molecule has 1 aliphatic heterocycles. The Bertz CT molecular complexity index is 719. The smallest absolute Gasteiger partial charge is 0.474 e. The fraction of sp³-hybridized carbons (Fsp3) is 0.579. The monoisotopic (exact) mass is 459 g/mol. The van der Waals surface area contributed by atoms with E-state index in [9.17, 15) is 14.4 Å². The summed E-state index contributed by atoms with van der Waals surface area (Å²) in [4.78, 5) is 40.0. The Hall–Kier alpha value is -2.89. The van der Waals surface area contributed by atoms with E-state index >= 15 is 0 Å². The van der Waals surface area contributed by atoms with Gasteiger partial charge >= 0.3 is 18.5 Å². The summed E-state index contributed by atoms with van der Waals surface area (Å²) in [5, 5.41) is 0. The van der Waals surface area contributed by atoms with E-state index in [0.29, 0.717) is 5.75 Å². The number of pyridine rings is 1. The summed E-state index contributed by atoms with van der Waals surface area (Å²) < 4.78 is 36.4. The van der Waals surface area contributed by atoms with Gasteiger partial charge in [0.25, 0.3) is 0 Å². The van der Waals surface area contributed by atoms with Crippen molar-refractivity contribution in [2.75, 3.05) is 25.6 Å². The first-order valence-corrected chi connectivity index (χ1v) is 10.7. The molecule has 31 heavy (non-hydrogen) atoms. The van der Waals surface area contributed by atoms with Crippen LogP contribution in [0.1, 0.15) is 20.8 Å². The highest BCUT2D eigenvalue weighted by molar-refractivity contribution is 7.99. The quantitative estimate of drug-likeness (QED) is 0.418. The number of rotatable bonds is 8. The van der Waals surface area contributed by atoms with Gasteiger partial charge in [-0.3, -0.25) is 4.98 Å². The average molecular weight is 459 g/mol. The number of ether oxygens (including phenoxy) is 7. The van der Waals surface area contributed by atoms with Crippen LogP contribution in [0.15, 0.2) is 24.5 Å². The summed E-state index contributed by atoms with van der Waals surface area (Å²) in [6.45, 7) is 5.05. The van der Waals surface area contributed by atoms with Crippen LogP contribution in [-0.2, 0) is 28.4 Å². The van der Waals surface area contributed by atoms with Gasteiger partial charge in [0.15, 0.2) is 23.7 Å². The molecule has 1 fully saturated rings. The van der Waals surface area contributed by atoms with E-state index in [4.69, 9.17) is 33.2 Å². The van der Waals surface area contributed by atoms with E-state index in [0.717, 1.165) is 0 Å². The van der Waals surface area contributed by atoms with E-state index in [1.165, 1.54) is 18.0 Å². The third-order valence-corrected chi connectivity index (χ3v) is 4.98. The summed E-state index contributed by atoms with van der Waals surface area (Å²) in [7, 11) is 0. The van der Waals surface area contributed by atoms with Crippen LogP contribution in [0.3, 0.4) is 0 Å². The van der Waals surface area contributed by atoms with Gasteiger partial charge in [0.1, 0.15) is 5.75 Å². The van der Waals surface area contributed by atoms with Crippen LogP contribution < -0.4 is 4.74 Å². The molecule has 0 bridgehead atoms. The number of aromatic nitrogens is 1. The van der Waals surface area contributed by atoms with Crippen molar-refractivity contribution in [1.29, 1.82) is 0 Å². The summed E-state index contributed by atoms with van der Waals surface area (Å²) in [6.07, 6.45) is -3.35. The van der Waals surface area contributed by atoms with Crippen molar-refractivity contribution in [3.05, 3.63) is 24.5 Å². The zero-order valence-corrected chi connectivity index (χ0v) is 18.2. The second-order valence-corrected chi connectivity index (χ2v) is 7.01. The maximum Gasteiger partial charge on any atom is 0.508 e. The van der Waals surface area contributed by atoms with Gasteiger partial charge in [-0.2, -0.15) is 0 Å². The molecule has 0 N–H and O–H groups in total. The maximum absolute atomic E-state index is 12.1. The highest BCUT2D eigenvalue weighted by Gasteiger charge is 2.49. The minimum absolute atomic E-state index is 0.0583. The lowest BCUT2D eigenvalue weighted by Crippen LogP contribution is -2.56. The number of thioether (sulfide) groups is 1. The van der Waals surface area contributed by atoms with Crippen molar-refractivity contribution < 1.29 is 47.5 Å². The molecule has 0 unspecified atom stereocenters. The third-order valence-electron chi connectivity index (χ3n) is 3.77. The van der Waals surface area contributed by atoms with Gasteiger partial charge in [-0.15, -0.1) is 11.8 Å². The summed E-state index contributed by atoms with van der Waals surface area (Å²) >= 11 is 1.19. The molecule has 172 valence electrons. The lowest BCUT2D eigenvalue weighted by Gasteiger charge is -2.39. The number of hydrogen-bond donors (Lipinski definition) is 0. The zero-order valence-electron chi connectivity index (χ0n) is 17.4. The van der Waals surface area contributed by atoms with E-state index in [1.54, 1.807) is 39.1 Å². The van der Waals surface area contributed by atoms with Gasteiger partial charge in [-0.1, -0.05) is 0 Å². The Morgan fingerprint density at radius 3 is 2.06 bits per heavy atom. The number of hydrogen-bond acceptors (Lipinski definition) is 12. The summed E-state index contributed by atoms with van der Waals surface area (Å²) in [5.74, 6) is 0.563. The third kappa shape index (κ3) is 7.70. The molecule has 0 saturated carbocycles. The molecule has 2 heterocycles. The van der Waals surface area contributed by atoms with Gasteiger partial charge < -0.3 is 33.2 Å². The molecule has 1 aromatic rings. The minimum Gasteiger partial charge on any atom is -0.474 e. The van der Waals surface area contributed by atoms with Crippen LogP contribution in [0.5, 0.6) is 5.75 Å². The van der Waals surface area contributed by atoms with Crippen molar-refractivity contribution in [3.8, 4) is 5.75 Å². The predicted molar refractivity (Wildman–Crippen MR) is 107 cm³/mol. The SMILES string of the molecule is CCOC(=O)O[C@@H]1[C@@H](OC(=O)OCC)[C@H](OC(=O)OCC)CS[C@H]1Oc1cccnc1. The molecule has 0 spiro atoms. The fourth-order valence-corrected chi connectivity index (χ4v) is 3.78. The lowest BCUT2D eigenvalue weighted by molar-refractivity contribution is -0.119. The van der Waals surface area contributed by atoms with Crippen LogP contribution in [0, 0.1) is 0 Å². The molecule has 4 atom stereocenters. The van der Waals surface area contributed by atoms with Crippen LogP contribution in [0.25, 0.3) is 0 Å². The Balaban J connectivity index is 2.29. The van der Waals surface area contributed by atoms with Gasteiger partial charge in [0, 0.05) is 11.9 Å². The van der Waals surface area contributed by atoms with Crippen molar-refractivity contribution in [1.82, 2.24) is 4.98 Å². The van der Waals surface area contributed by atoms with Crippen LogP contribution in [0.4, 0.5) is 14.4 Å². The summed E-state index contributed by atoms with van der Waals surface area (Å²) in [6, 6.07) is 3.33. The Labute approximate surface area is 183 Å². The minimum atomic E-state index is -1.24. The highest BCUT2D eigenvalue weighted by Crippen LogP contribution is 2.34. The molecular weight excluding hydrogens is 434 g/mol. The molecule has 11 nitrogen and oxygen atoms in total. The normalized spacial score (nSPS) is 22.5. The van der Waals surface area contributed by atoms with Crippen LogP contribution >= 0.6 is 11.8 Å². The molecular formula is C19H25NO10S. The van der Waals surface area contributed by atoms with E-state index in [2.05, 4.69) is 4.98 Å². The van der Waals surface area contributed by atoms with Crippen molar-refractivity contribution >= 4 is 30.2 Å². The Morgan fingerprint density at radius 2 is 1.52 bits per heavy atom. The van der Waals surface area contributed by atoms with E-state index < -0.39 is 42.2 Å². The van der Waals surface area contributed by atoms with Crippen molar-refractivity contribution in [2.45, 2.75) is 44.5 Å².